The van der Waals surface area contributed by atoms with Crippen LogP contribution in [0.25, 0.3) is 0 Å². The Labute approximate surface area is 169 Å². The number of nitrogens with zero attached hydrogens (tertiary/aromatic N) is 1. The number of carbonyl (C=O) groups is 1. The first-order valence-electron chi connectivity index (χ1n) is 9.44. The van der Waals surface area contributed by atoms with E-state index in [1.54, 1.807) is 18.2 Å². The molecule has 1 aromatic carbocycles. The van der Waals surface area contributed by atoms with E-state index in [0.29, 0.717) is 22.6 Å². The fraction of sp³-hybridized carbons (Fsp3) is 0.450. The van der Waals surface area contributed by atoms with E-state index in [1.807, 2.05) is 0 Å². The molecule has 3 fully saturated rings. The monoisotopic (exact) mass is 420 g/mol. The van der Waals surface area contributed by atoms with Gasteiger partial charge in [-0.1, -0.05) is 6.07 Å². The largest absolute Gasteiger partial charge is 0.497 e. The maximum atomic E-state index is 12.9. The van der Waals surface area contributed by atoms with Crippen molar-refractivity contribution in [3.05, 3.63) is 41.3 Å². The van der Waals surface area contributed by atoms with E-state index in [9.17, 15) is 13.2 Å². The van der Waals surface area contributed by atoms with Gasteiger partial charge in [0.15, 0.2) is 0 Å². The van der Waals surface area contributed by atoms with Gasteiger partial charge in [0.2, 0.25) is 9.84 Å². The predicted octanol–water partition coefficient (Wildman–Crippen LogP) is 2.80. The summed E-state index contributed by atoms with van der Waals surface area (Å²) in [5.74, 6) is 0.790. The van der Waals surface area contributed by atoms with Gasteiger partial charge in [-0.15, -0.1) is 11.3 Å². The molecule has 1 amide bonds. The van der Waals surface area contributed by atoms with Crippen LogP contribution in [0.1, 0.15) is 29.4 Å². The zero-order chi connectivity index (χ0) is 19.9. The standard InChI is InChI=1S/C20H24N2O4S2/c1-13-19(14-8-10-22(13)11-9-14)21-20(23)17-6-7-18(27-17)28(24,25)16-5-3-4-15(12-16)26-2/h3-7,12-14,19H,8-11H2,1-2H3,(H,21,23)/t13-,19-/m0/s1. The van der Waals surface area contributed by atoms with Crippen LogP contribution in [-0.4, -0.2) is 51.5 Å². The zero-order valence-electron chi connectivity index (χ0n) is 15.9. The summed E-state index contributed by atoms with van der Waals surface area (Å²) in [6.45, 7) is 4.35. The van der Waals surface area contributed by atoms with E-state index in [-0.39, 0.29) is 21.1 Å². The van der Waals surface area contributed by atoms with Gasteiger partial charge in [0.05, 0.1) is 16.9 Å². The molecule has 8 heteroatoms. The number of methoxy groups -OCH3 is 1. The molecule has 4 heterocycles. The van der Waals surface area contributed by atoms with Crippen LogP contribution >= 0.6 is 11.3 Å². The van der Waals surface area contributed by atoms with Gasteiger partial charge in [-0.25, -0.2) is 8.42 Å². The number of nitrogens with one attached hydrogen (secondary N) is 1. The number of thiophene rings is 1. The molecule has 0 unspecified atom stereocenters. The number of sulfone groups is 1. The highest BCUT2D eigenvalue weighted by molar-refractivity contribution is 7.93. The van der Waals surface area contributed by atoms with Gasteiger partial charge in [0.1, 0.15) is 9.96 Å². The van der Waals surface area contributed by atoms with Crippen LogP contribution in [0.15, 0.2) is 45.5 Å². The summed E-state index contributed by atoms with van der Waals surface area (Å²) in [6.07, 6.45) is 2.21. The van der Waals surface area contributed by atoms with Gasteiger partial charge in [-0.05, 0) is 69.1 Å². The Hall–Kier alpha value is -1.90. The first kappa shape index (κ1) is 19.4. The zero-order valence-corrected chi connectivity index (χ0v) is 17.6. The molecule has 2 aromatic rings. The van der Waals surface area contributed by atoms with E-state index in [2.05, 4.69) is 17.1 Å². The molecule has 0 spiro atoms. The second kappa shape index (κ2) is 7.50. The Morgan fingerprint density at radius 3 is 2.64 bits per heavy atom. The highest BCUT2D eigenvalue weighted by atomic mass is 32.2. The van der Waals surface area contributed by atoms with Crippen LogP contribution in [0.5, 0.6) is 5.75 Å². The molecule has 3 aliphatic rings. The van der Waals surface area contributed by atoms with Crippen LogP contribution in [0.3, 0.4) is 0 Å². The lowest BCUT2D eigenvalue weighted by Gasteiger charge is -2.49. The van der Waals surface area contributed by atoms with Crippen molar-refractivity contribution in [2.45, 2.75) is 41.0 Å². The number of carbonyl (C=O) groups excluding carboxylic acids is 1. The van der Waals surface area contributed by atoms with E-state index < -0.39 is 9.84 Å². The third-order valence-corrected chi connectivity index (χ3v) is 9.22. The van der Waals surface area contributed by atoms with Crippen molar-refractivity contribution in [3.63, 3.8) is 0 Å². The summed E-state index contributed by atoms with van der Waals surface area (Å²) in [5.41, 5.74) is 0. The molecule has 2 atom stereocenters. The lowest BCUT2D eigenvalue weighted by molar-refractivity contribution is 0.0218. The van der Waals surface area contributed by atoms with Gasteiger partial charge < -0.3 is 10.1 Å². The highest BCUT2D eigenvalue weighted by Gasteiger charge is 2.40. The maximum absolute atomic E-state index is 12.9. The summed E-state index contributed by atoms with van der Waals surface area (Å²) >= 11 is 1.01. The molecule has 2 bridgehead atoms. The Balaban J connectivity index is 1.53. The fourth-order valence-corrected chi connectivity index (χ4v) is 6.88. The average Bonchev–Trinajstić information content (AvgIpc) is 3.22. The van der Waals surface area contributed by atoms with Crippen LogP contribution in [0, 0.1) is 5.92 Å². The number of amides is 1. The molecule has 1 N–H and O–H groups in total. The Morgan fingerprint density at radius 1 is 1.21 bits per heavy atom. The first-order valence-corrected chi connectivity index (χ1v) is 11.7. The van der Waals surface area contributed by atoms with E-state index >= 15 is 0 Å². The molecule has 5 rings (SSSR count). The molecular weight excluding hydrogens is 396 g/mol. The summed E-state index contributed by atoms with van der Waals surface area (Å²) in [7, 11) is -2.19. The van der Waals surface area contributed by atoms with E-state index in [4.69, 9.17) is 4.74 Å². The van der Waals surface area contributed by atoms with Gasteiger partial charge in [0.25, 0.3) is 5.91 Å². The van der Waals surface area contributed by atoms with Crippen molar-refractivity contribution < 1.29 is 17.9 Å². The minimum absolute atomic E-state index is 0.121. The van der Waals surface area contributed by atoms with Crippen molar-refractivity contribution in [2.75, 3.05) is 20.2 Å². The molecule has 6 nitrogen and oxygen atoms in total. The Kier molecular flexibility index (Phi) is 5.20. The number of fused-ring (bicyclic) bond motifs is 3. The number of piperidine rings is 3. The Bertz CT molecular complexity index is 976. The van der Waals surface area contributed by atoms with Crippen LogP contribution in [-0.2, 0) is 9.84 Å². The Morgan fingerprint density at radius 2 is 1.96 bits per heavy atom. The summed E-state index contributed by atoms with van der Waals surface area (Å²) in [5, 5.41) is 3.15. The number of hydrogen-bond acceptors (Lipinski definition) is 6. The summed E-state index contributed by atoms with van der Waals surface area (Å²) in [4.78, 5) is 15.8. The summed E-state index contributed by atoms with van der Waals surface area (Å²) in [6, 6.07) is 9.90. The third-order valence-electron chi connectivity index (χ3n) is 5.90. The number of benzene rings is 1. The molecule has 1 aromatic heterocycles. The topological polar surface area (TPSA) is 75.7 Å². The molecular formula is C20H24N2O4S2. The lowest BCUT2D eigenvalue weighted by atomic mass is 9.79. The second-order valence-corrected chi connectivity index (χ2v) is 10.7. The predicted molar refractivity (Wildman–Crippen MR) is 108 cm³/mol. The minimum Gasteiger partial charge on any atom is -0.497 e. The van der Waals surface area contributed by atoms with Crippen molar-refractivity contribution in [3.8, 4) is 5.75 Å². The van der Waals surface area contributed by atoms with Crippen LogP contribution < -0.4 is 10.1 Å². The summed E-state index contributed by atoms with van der Waals surface area (Å²) < 4.78 is 31.1. The second-order valence-electron chi connectivity index (χ2n) is 7.41. The van der Waals surface area contributed by atoms with Gasteiger partial charge in [-0.2, -0.15) is 0 Å². The highest BCUT2D eigenvalue weighted by Crippen LogP contribution is 2.33. The number of hydrogen-bond donors (Lipinski definition) is 1. The normalized spacial score (nSPS) is 26.8. The minimum atomic E-state index is -3.69. The lowest BCUT2D eigenvalue weighted by Crippen LogP contribution is -2.62. The first-order chi connectivity index (χ1) is 13.4. The van der Waals surface area contributed by atoms with Crippen molar-refractivity contribution >= 4 is 27.1 Å². The SMILES string of the molecule is COc1cccc(S(=O)(=O)c2ccc(C(=O)N[C@@H]3C4CCN(CC4)[C@H]3C)s2)c1. The molecule has 0 aliphatic carbocycles. The molecule has 0 saturated carbocycles. The average molecular weight is 421 g/mol. The smallest absolute Gasteiger partial charge is 0.261 e. The van der Waals surface area contributed by atoms with Gasteiger partial charge >= 0.3 is 0 Å². The third kappa shape index (κ3) is 3.44. The maximum Gasteiger partial charge on any atom is 0.261 e. The fourth-order valence-electron chi connectivity index (χ4n) is 4.24. The van der Waals surface area contributed by atoms with Crippen molar-refractivity contribution in [1.29, 1.82) is 0 Å². The van der Waals surface area contributed by atoms with E-state index in [0.717, 1.165) is 37.3 Å². The van der Waals surface area contributed by atoms with Crippen LogP contribution in [0.2, 0.25) is 0 Å². The van der Waals surface area contributed by atoms with E-state index in [1.165, 1.54) is 25.3 Å². The van der Waals surface area contributed by atoms with Crippen molar-refractivity contribution in [2.24, 2.45) is 5.92 Å². The quantitative estimate of drug-likeness (QED) is 0.805. The molecule has 28 heavy (non-hydrogen) atoms. The number of ether oxygens (including phenoxy) is 1. The van der Waals surface area contributed by atoms with Crippen molar-refractivity contribution in [1.82, 2.24) is 10.2 Å². The van der Waals surface area contributed by atoms with Crippen LogP contribution in [0.4, 0.5) is 0 Å². The number of rotatable bonds is 5. The molecule has 150 valence electrons. The van der Waals surface area contributed by atoms with Gasteiger partial charge in [0, 0.05) is 12.1 Å². The molecule has 3 saturated heterocycles. The molecule has 0 radical (unpaired) electrons. The van der Waals surface area contributed by atoms with Gasteiger partial charge in [-0.3, -0.25) is 9.69 Å². The molecule has 3 aliphatic heterocycles.